The van der Waals surface area contributed by atoms with Gasteiger partial charge in [0.05, 0.1) is 24.8 Å². The van der Waals surface area contributed by atoms with E-state index in [2.05, 4.69) is 47.5 Å². The minimum Gasteiger partial charge on any atom is -0.382 e. The van der Waals surface area contributed by atoms with Crippen molar-refractivity contribution in [3.8, 4) is 0 Å². The number of thioether (sulfide) groups is 1. The zero-order chi connectivity index (χ0) is 32.8. The number of hydrogen-bond acceptors (Lipinski definition) is 17. The van der Waals surface area contributed by atoms with Crippen LogP contribution in [0.4, 0.5) is 24.9 Å². The summed E-state index contributed by atoms with van der Waals surface area (Å²) in [7, 11) is 0. The molecule has 46 heavy (non-hydrogen) atoms. The molecule has 9 atom stereocenters. The maximum absolute atomic E-state index is 16.0. The maximum atomic E-state index is 16.0. The van der Waals surface area contributed by atoms with E-state index in [4.69, 9.17) is 46.1 Å². The number of nitrogen functional groups attached to an aromatic ring is 2. The van der Waals surface area contributed by atoms with E-state index in [1.807, 2.05) is 0 Å². The van der Waals surface area contributed by atoms with E-state index >= 15 is 13.2 Å². The van der Waals surface area contributed by atoms with E-state index in [1.165, 1.54) is 10.9 Å². The minimum absolute atomic E-state index is 0.0410. The Morgan fingerprint density at radius 3 is 2.74 bits per heavy atom. The molecule has 6 N–H and O–H groups in total. The number of fused-ring (bicyclic) bond motifs is 5. The highest BCUT2D eigenvalue weighted by Gasteiger charge is 2.64. The van der Waals surface area contributed by atoms with Crippen molar-refractivity contribution in [3.05, 3.63) is 23.0 Å². The van der Waals surface area contributed by atoms with Crippen molar-refractivity contribution in [2.75, 3.05) is 24.7 Å². The number of aromatic nitrogens is 9. The lowest BCUT2D eigenvalue weighted by Crippen LogP contribution is -2.41. The highest BCUT2D eigenvalue weighted by atomic mass is 32.7. The average Bonchev–Trinajstić information content (AvgIpc) is 3.71. The van der Waals surface area contributed by atoms with Gasteiger partial charge in [0.1, 0.15) is 30.1 Å². The van der Waals surface area contributed by atoms with E-state index in [0.29, 0.717) is 4.68 Å². The van der Waals surface area contributed by atoms with Crippen molar-refractivity contribution >= 4 is 83.4 Å². The lowest BCUT2D eigenvalue weighted by Gasteiger charge is -2.28. The van der Waals surface area contributed by atoms with Crippen LogP contribution in [0.25, 0.3) is 22.3 Å². The molecule has 2 bridgehead atoms. The van der Waals surface area contributed by atoms with Crippen LogP contribution < -0.4 is 17.0 Å². The van der Waals surface area contributed by atoms with Gasteiger partial charge in [0.15, 0.2) is 34.2 Å². The van der Waals surface area contributed by atoms with E-state index in [0.717, 1.165) is 18.1 Å². The number of nitrogens with zero attached hydrogens (tertiary/aromatic N) is 8. The number of rotatable bonds is 2. The van der Waals surface area contributed by atoms with Gasteiger partial charge in [-0.25, -0.2) is 23.9 Å². The molecule has 0 radical (unpaired) electrons. The number of anilines is 2. The van der Waals surface area contributed by atoms with Crippen molar-refractivity contribution in [3.63, 3.8) is 0 Å². The Balaban J connectivity index is 1.23. The van der Waals surface area contributed by atoms with Crippen LogP contribution in [0.5, 0.6) is 0 Å². The monoisotopic (exact) mass is 745 g/mol. The summed E-state index contributed by atoms with van der Waals surface area (Å²) < 4.78 is 90.1. The highest BCUT2D eigenvalue weighted by molar-refractivity contribution is 8.44. The molecule has 0 spiro atoms. The van der Waals surface area contributed by atoms with E-state index < -0.39 is 79.5 Å². The van der Waals surface area contributed by atoms with Crippen LogP contribution in [0, 0.1) is 0 Å². The van der Waals surface area contributed by atoms with E-state index in [9.17, 15) is 14.3 Å². The molecule has 3 saturated heterocycles. The first-order valence-electron chi connectivity index (χ1n) is 12.8. The summed E-state index contributed by atoms with van der Waals surface area (Å²) in [4.78, 5) is 41.3. The third kappa shape index (κ3) is 5.49. The predicted molar refractivity (Wildman–Crippen MR) is 159 cm³/mol. The van der Waals surface area contributed by atoms with Gasteiger partial charge in [-0.3, -0.25) is 27.9 Å². The maximum Gasteiger partial charge on any atom is 0.386 e. The number of imidazole rings is 1. The van der Waals surface area contributed by atoms with Crippen LogP contribution in [0.15, 0.2) is 17.4 Å². The third-order valence-electron chi connectivity index (χ3n) is 7.16. The Labute approximate surface area is 267 Å². The van der Waals surface area contributed by atoms with Gasteiger partial charge in [0, 0.05) is 0 Å². The molecule has 3 unspecified atom stereocenters. The van der Waals surface area contributed by atoms with Crippen LogP contribution in [-0.2, 0) is 39.2 Å². The molecule has 19 nitrogen and oxygen atoms in total. The molecule has 0 amide bonds. The number of aromatic amines is 1. The number of ether oxygens (including phenoxy) is 1. The topological polar surface area (TPSA) is 256 Å². The van der Waals surface area contributed by atoms with Crippen molar-refractivity contribution in [2.45, 2.75) is 47.3 Å². The number of nitrogens with one attached hydrogen (secondary N) is 1. The summed E-state index contributed by atoms with van der Waals surface area (Å²) in [6.45, 7) is -10.8. The molecule has 0 aromatic carbocycles. The van der Waals surface area contributed by atoms with E-state index in [-0.39, 0.29) is 34.1 Å². The number of thiol groups is 1. The lowest BCUT2D eigenvalue weighted by molar-refractivity contribution is -0.139. The molecule has 0 saturated carbocycles. The Morgan fingerprint density at radius 1 is 1.17 bits per heavy atom. The summed E-state index contributed by atoms with van der Waals surface area (Å²) in [6, 6.07) is 0. The number of alkyl halides is 3. The van der Waals surface area contributed by atoms with Crippen LogP contribution >= 0.6 is 37.5 Å². The van der Waals surface area contributed by atoms with Crippen LogP contribution in [0.2, 0.25) is 0 Å². The second-order valence-electron chi connectivity index (χ2n) is 10.1. The fourth-order valence-corrected chi connectivity index (χ4v) is 9.66. The highest BCUT2D eigenvalue weighted by Crippen LogP contribution is 2.61. The molecule has 4 aromatic heterocycles. The average molecular weight is 746 g/mol. The van der Waals surface area contributed by atoms with Gasteiger partial charge in [-0.15, -0.1) is 16.9 Å². The van der Waals surface area contributed by atoms with Gasteiger partial charge >= 0.3 is 19.4 Å². The molecule has 0 aliphatic carbocycles. The second kappa shape index (κ2) is 11.3. The Hall–Kier alpha value is -2.44. The van der Waals surface area contributed by atoms with Gasteiger partial charge in [0.25, 0.3) is 5.56 Å². The van der Waals surface area contributed by atoms with Gasteiger partial charge < -0.3 is 25.6 Å². The minimum atomic E-state index is -4.69. The van der Waals surface area contributed by atoms with Crippen molar-refractivity contribution < 1.29 is 45.5 Å². The molecule has 248 valence electrons. The molecule has 3 fully saturated rings. The fraction of sp³-hybridized carbons (Fsp3) is 0.526. The number of nitrogens with two attached hydrogens (primary N) is 2. The zero-order valence-electron chi connectivity index (χ0n) is 22.4. The Bertz CT molecular complexity index is 2010. The van der Waals surface area contributed by atoms with Crippen LogP contribution in [0.3, 0.4) is 0 Å². The standard InChI is InChI=1S/C19H20F3N11O8P2S3/c20-7-6-2-38-43(36,45)41-11-5(39-17(19(11,21)22)33-13-8(30-31-33)12(23)25-3-26-13)1-37-42(35,44)40-10(7)16(46-6)32-4-27-9-14(32)28-18(24)29-15(9)34/h3-7,10-11,16-17H,1-2H2,(H,35,44)(H,36,45)(H2,23,25,26)(H3,24,28,29,34)/t5-,6-,7+,10-,11-,16?,17-,42?,43?/m1/s1. The quantitative estimate of drug-likeness (QED) is 0.142. The summed E-state index contributed by atoms with van der Waals surface area (Å²) >= 11 is 9.83. The zero-order valence-corrected chi connectivity index (χ0v) is 26.8. The van der Waals surface area contributed by atoms with Crippen LogP contribution in [0.1, 0.15) is 11.6 Å². The van der Waals surface area contributed by atoms with Crippen LogP contribution in [-0.4, -0.2) is 98.2 Å². The Morgan fingerprint density at radius 2 is 1.96 bits per heavy atom. The van der Waals surface area contributed by atoms with E-state index in [1.54, 1.807) is 0 Å². The summed E-state index contributed by atoms with van der Waals surface area (Å²) in [5, 5.41) is 5.07. The molecule has 27 heteroatoms. The molecule has 7 heterocycles. The molecular formula is C19H20F3N11O8P2S3. The summed E-state index contributed by atoms with van der Waals surface area (Å²) in [6.07, 6.45) is -7.87. The van der Waals surface area contributed by atoms with Gasteiger partial charge in [-0.05, 0) is 11.8 Å². The third-order valence-corrected chi connectivity index (χ3v) is 11.8. The molecule has 3 aliphatic rings. The van der Waals surface area contributed by atoms with Gasteiger partial charge in [-0.2, -0.15) is 18.4 Å². The summed E-state index contributed by atoms with van der Waals surface area (Å²) in [5.74, 6) is -4.43. The fourth-order valence-electron chi connectivity index (χ4n) is 5.13. The number of H-pyrrole nitrogens is 1. The second-order valence-corrected chi connectivity index (χ2v) is 17.1. The number of hydrogen-bond donors (Lipinski definition) is 5. The van der Waals surface area contributed by atoms with Crippen molar-refractivity contribution in [1.82, 2.24) is 44.5 Å². The largest absolute Gasteiger partial charge is 0.386 e. The number of halogens is 3. The molecule has 4 aromatic rings. The van der Waals surface area contributed by atoms with Crippen molar-refractivity contribution in [1.29, 1.82) is 0 Å². The summed E-state index contributed by atoms with van der Waals surface area (Å²) in [5.41, 5.74) is 10.3. The molecule has 7 rings (SSSR count). The molecular weight excluding hydrogens is 725 g/mol. The first-order valence-corrected chi connectivity index (χ1v) is 19.1. The first-order chi connectivity index (χ1) is 21.6. The van der Waals surface area contributed by atoms with Crippen molar-refractivity contribution in [2.24, 2.45) is 0 Å². The molecule has 3 aliphatic heterocycles. The smallest absolute Gasteiger partial charge is 0.382 e. The SMILES string of the molecule is Nc1nc2c(ncn2C2S[C@@H]3COP(=O)(S)O[C@@H]4[C@@H](COP(O)(=S)O[C@@H]2[C@H]3F)O[C@@H](n2nnc3c(N)ncnc32)C4(F)F)c(=O)[nH]1. The normalized spacial score (nSPS) is 36.7. The first kappa shape index (κ1) is 32.1. The van der Waals surface area contributed by atoms with Gasteiger partial charge in [-0.1, -0.05) is 17.5 Å². The lowest BCUT2D eigenvalue weighted by atomic mass is 10.1. The predicted octanol–water partition coefficient (Wildman–Crippen LogP) is 1.08. The van der Waals surface area contributed by atoms with Gasteiger partial charge in [0.2, 0.25) is 12.2 Å². The Kier molecular flexibility index (Phi) is 7.91.